The fourth-order valence-corrected chi connectivity index (χ4v) is 8.67. The number of hydrogen-bond acceptors (Lipinski definition) is 13. The van der Waals surface area contributed by atoms with Gasteiger partial charge in [0.2, 0.25) is 15.9 Å². The summed E-state index contributed by atoms with van der Waals surface area (Å²) in [6, 6.07) is 3.86. The molecule has 3 amide bonds. The molecular formula is C36H42ClN7O9S. The van der Waals surface area contributed by atoms with Crippen molar-refractivity contribution in [2.75, 3.05) is 18.6 Å². The summed E-state index contributed by atoms with van der Waals surface area (Å²) in [6.07, 6.45) is 4.06. The third-order valence-corrected chi connectivity index (χ3v) is 12.7. The number of nitrogens with one attached hydrogen (secondary N) is 1. The molecule has 16 nitrogen and oxygen atoms in total. The van der Waals surface area contributed by atoms with Crippen LogP contribution in [0.2, 0.25) is 5.02 Å². The van der Waals surface area contributed by atoms with E-state index in [2.05, 4.69) is 21.3 Å². The fraction of sp³-hybridized carbons (Fsp3) is 0.472. The van der Waals surface area contributed by atoms with Gasteiger partial charge in [0.25, 0.3) is 23.4 Å². The minimum absolute atomic E-state index is 0.0838. The summed E-state index contributed by atoms with van der Waals surface area (Å²) in [5, 5.41) is 12.5. The Morgan fingerprint density at radius 2 is 1.91 bits per heavy atom. The lowest BCUT2D eigenvalue weighted by Crippen LogP contribution is -2.61. The maximum absolute atomic E-state index is 15.2. The van der Waals surface area contributed by atoms with Crippen LogP contribution < -0.4 is 24.8 Å². The second-order valence-corrected chi connectivity index (χ2v) is 16.8. The number of hydrogen-bond donors (Lipinski definition) is 2. The van der Waals surface area contributed by atoms with E-state index >= 15 is 4.79 Å². The summed E-state index contributed by atoms with van der Waals surface area (Å²) in [6.45, 7) is 10.4. The van der Waals surface area contributed by atoms with Gasteiger partial charge in [-0.25, -0.2) is 23.3 Å². The standard InChI is InChI=1S/C36H42ClN7O9S/c1-7-21-14-36(21,35(47)41-54(50,51)23-9-10-23)42-17-28(53-32-25-13-22(37)8-11-24(25)27(52-6)16-40-32)20(5)31(42)34(46)43(33(45)30(38)18(2)3)29-12-19(4)26(15-39-29)44(48)49/h7-8,11-13,15-16,18,20-21,23,28,30-31H,1,9-10,14,17,38H2,2-6H3,(H,41,47)/t20?,21-,28+,30+,31+,36-/m1/s1. The molecule has 1 aliphatic heterocycles. The van der Waals surface area contributed by atoms with Crippen molar-refractivity contribution in [2.24, 2.45) is 23.5 Å². The van der Waals surface area contributed by atoms with E-state index in [9.17, 15) is 28.1 Å². The summed E-state index contributed by atoms with van der Waals surface area (Å²) >= 11 is 6.37. The number of sulfonamides is 1. The second-order valence-electron chi connectivity index (χ2n) is 14.4. The number of carbonyl (C=O) groups is 3. The molecule has 6 rings (SSSR count). The van der Waals surface area contributed by atoms with E-state index in [4.69, 9.17) is 26.8 Å². The molecule has 3 N–H and O–H groups in total. The van der Waals surface area contributed by atoms with E-state index in [-0.39, 0.29) is 35.9 Å². The molecule has 3 fully saturated rings. The maximum Gasteiger partial charge on any atom is 0.290 e. The highest BCUT2D eigenvalue weighted by Gasteiger charge is 2.68. The minimum Gasteiger partial charge on any atom is -0.494 e. The van der Waals surface area contributed by atoms with Gasteiger partial charge in [-0.2, -0.15) is 0 Å². The number of pyridine rings is 2. The van der Waals surface area contributed by atoms with E-state index in [1.54, 1.807) is 43.9 Å². The number of benzene rings is 1. The molecule has 288 valence electrons. The monoisotopic (exact) mass is 783 g/mol. The highest BCUT2D eigenvalue weighted by atomic mass is 35.5. The van der Waals surface area contributed by atoms with Crippen molar-refractivity contribution in [3.8, 4) is 11.6 Å². The van der Waals surface area contributed by atoms with Crippen LogP contribution in [0.5, 0.6) is 11.6 Å². The largest absolute Gasteiger partial charge is 0.494 e. The molecule has 0 spiro atoms. The number of nitro groups is 1. The van der Waals surface area contributed by atoms with Crippen molar-refractivity contribution in [3.63, 3.8) is 0 Å². The summed E-state index contributed by atoms with van der Waals surface area (Å²) in [5.74, 6) is -3.86. The molecule has 6 atom stereocenters. The number of likely N-dealkylation sites (tertiary alicyclic amines) is 1. The normalized spacial score (nSPS) is 24.5. The number of halogens is 1. The Morgan fingerprint density at radius 1 is 1.20 bits per heavy atom. The number of methoxy groups -OCH3 is 1. The molecule has 2 saturated carbocycles. The number of amides is 3. The summed E-state index contributed by atoms with van der Waals surface area (Å²) in [7, 11) is -2.51. The molecule has 3 aromatic rings. The van der Waals surface area contributed by atoms with Gasteiger partial charge in [-0.1, -0.05) is 38.4 Å². The number of nitrogens with zero attached hydrogens (tertiary/aromatic N) is 5. The maximum atomic E-state index is 15.2. The molecule has 1 saturated heterocycles. The van der Waals surface area contributed by atoms with Crippen LogP contribution in [0.3, 0.4) is 0 Å². The fourth-order valence-electron chi connectivity index (χ4n) is 7.14. The lowest BCUT2D eigenvalue weighted by atomic mass is 9.96. The zero-order valence-corrected chi connectivity index (χ0v) is 32.0. The van der Waals surface area contributed by atoms with Crippen LogP contribution in [0.15, 0.2) is 49.3 Å². The zero-order valence-electron chi connectivity index (χ0n) is 30.4. The average molecular weight is 784 g/mol. The number of ether oxygens (including phenoxy) is 2. The Labute approximate surface area is 317 Å². The number of anilines is 1. The molecule has 3 heterocycles. The molecule has 1 aromatic carbocycles. The SMILES string of the molecule is C=C[C@@H]1C[C@@]1(C(=O)NS(=O)(=O)C1CC1)N1C[C@H](Oc2ncc(OC)c3ccc(Cl)cc23)C(C)[C@H]1C(=O)N(C(=O)[C@@H](N)C(C)C)c1cc(C)c([N+](=O)[O-])cn1. The van der Waals surface area contributed by atoms with Crippen LogP contribution in [0, 0.1) is 34.8 Å². The average Bonchev–Trinajstić information content (AvgIpc) is 4.05. The van der Waals surface area contributed by atoms with Gasteiger partial charge in [0.15, 0.2) is 0 Å². The first kappa shape index (κ1) is 39.0. The number of rotatable bonds is 13. The number of aryl methyl sites for hydroxylation is 1. The van der Waals surface area contributed by atoms with E-state index in [0.29, 0.717) is 34.4 Å². The summed E-state index contributed by atoms with van der Waals surface area (Å²) in [4.78, 5) is 65.6. The molecule has 0 bridgehead atoms. The van der Waals surface area contributed by atoms with Gasteiger partial charge in [-0.15, -0.1) is 6.58 Å². The first-order chi connectivity index (χ1) is 25.5. The smallest absolute Gasteiger partial charge is 0.290 e. The minimum atomic E-state index is -4.01. The van der Waals surface area contributed by atoms with Gasteiger partial charge in [0, 0.05) is 39.7 Å². The molecule has 0 radical (unpaired) electrons. The van der Waals surface area contributed by atoms with Gasteiger partial charge < -0.3 is 15.2 Å². The first-order valence-electron chi connectivity index (χ1n) is 17.5. The van der Waals surface area contributed by atoms with Crippen LogP contribution in [-0.2, 0) is 24.4 Å². The van der Waals surface area contributed by atoms with E-state index in [1.807, 2.05) is 0 Å². The van der Waals surface area contributed by atoms with Crippen molar-refractivity contribution in [1.82, 2.24) is 19.6 Å². The van der Waals surface area contributed by atoms with Gasteiger partial charge >= 0.3 is 0 Å². The van der Waals surface area contributed by atoms with Crippen LogP contribution in [0.25, 0.3) is 10.8 Å². The van der Waals surface area contributed by atoms with Gasteiger partial charge in [-0.3, -0.25) is 34.1 Å². The van der Waals surface area contributed by atoms with Crippen LogP contribution in [0.4, 0.5) is 11.5 Å². The topological polar surface area (TPSA) is 217 Å². The number of fused-ring (bicyclic) bond motifs is 1. The lowest BCUT2D eigenvalue weighted by Gasteiger charge is -2.36. The van der Waals surface area contributed by atoms with Crippen molar-refractivity contribution < 1.29 is 37.2 Å². The quantitative estimate of drug-likeness (QED) is 0.144. The molecule has 2 aliphatic carbocycles. The summed E-state index contributed by atoms with van der Waals surface area (Å²) in [5.41, 5.74) is 4.59. The van der Waals surface area contributed by atoms with Crippen LogP contribution in [0.1, 0.15) is 45.6 Å². The van der Waals surface area contributed by atoms with Crippen molar-refractivity contribution in [2.45, 2.75) is 75.9 Å². The van der Waals surface area contributed by atoms with Crippen LogP contribution in [-0.4, -0.2) is 88.6 Å². The first-order valence-corrected chi connectivity index (χ1v) is 19.4. The lowest BCUT2D eigenvalue weighted by molar-refractivity contribution is -0.385. The molecule has 1 unspecified atom stereocenters. The Morgan fingerprint density at radius 3 is 2.48 bits per heavy atom. The van der Waals surface area contributed by atoms with Crippen molar-refractivity contribution >= 4 is 61.6 Å². The Hall–Kier alpha value is -4.71. The van der Waals surface area contributed by atoms with Gasteiger partial charge in [0.1, 0.15) is 29.4 Å². The zero-order chi connectivity index (χ0) is 39.4. The third kappa shape index (κ3) is 6.89. The molecule has 3 aliphatic rings. The van der Waals surface area contributed by atoms with Crippen LogP contribution >= 0.6 is 11.6 Å². The molecule has 54 heavy (non-hydrogen) atoms. The van der Waals surface area contributed by atoms with Crippen molar-refractivity contribution in [1.29, 1.82) is 0 Å². The van der Waals surface area contributed by atoms with Gasteiger partial charge in [-0.05, 0) is 56.4 Å². The Bertz CT molecular complexity index is 2160. The van der Waals surface area contributed by atoms with Gasteiger partial charge in [0.05, 0.1) is 35.6 Å². The number of carbonyl (C=O) groups excluding carboxylic acids is 3. The molecular weight excluding hydrogens is 742 g/mol. The number of aromatic nitrogens is 2. The Kier molecular flexibility index (Phi) is 10.5. The summed E-state index contributed by atoms with van der Waals surface area (Å²) < 4.78 is 40.5. The van der Waals surface area contributed by atoms with Crippen molar-refractivity contribution in [3.05, 3.63) is 70.0 Å². The predicted molar refractivity (Wildman–Crippen MR) is 199 cm³/mol. The number of nitrogens with two attached hydrogens (primary N) is 1. The third-order valence-electron chi connectivity index (χ3n) is 10.6. The molecule has 18 heteroatoms. The highest BCUT2D eigenvalue weighted by Crippen LogP contribution is 2.54. The van der Waals surface area contributed by atoms with E-state index < -0.39 is 79.4 Å². The van der Waals surface area contributed by atoms with E-state index in [0.717, 1.165) is 11.1 Å². The van der Waals surface area contributed by atoms with E-state index in [1.165, 1.54) is 32.4 Å². The molecule has 2 aromatic heterocycles. The second kappa shape index (κ2) is 14.5. The predicted octanol–water partition coefficient (Wildman–Crippen LogP) is 3.67. The number of imide groups is 1. The Balaban J connectivity index is 1.48. The highest BCUT2D eigenvalue weighted by molar-refractivity contribution is 7.91.